The Kier molecular flexibility index (Phi) is 5.90. The van der Waals surface area contributed by atoms with Crippen LogP contribution >= 0.6 is 0 Å². The van der Waals surface area contributed by atoms with Gasteiger partial charge in [0.25, 0.3) is 0 Å². The predicted molar refractivity (Wildman–Crippen MR) is 69.8 cm³/mol. The second-order valence-corrected chi connectivity index (χ2v) is 4.98. The molecule has 0 spiro atoms. The number of aliphatic carboxylic acids is 1. The Morgan fingerprint density at radius 1 is 1.25 bits per heavy atom. The molecule has 20 heavy (non-hydrogen) atoms. The maximum Gasteiger partial charge on any atom is 0.326 e. The highest BCUT2D eigenvalue weighted by molar-refractivity contribution is 6.05. The lowest BCUT2D eigenvalue weighted by molar-refractivity contribution is -0.146. The van der Waals surface area contributed by atoms with Crippen LogP contribution in [0, 0.1) is 5.92 Å². The maximum absolute atomic E-state index is 12.0. The van der Waals surface area contributed by atoms with Gasteiger partial charge in [0.05, 0.1) is 13.2 Å². The number of hydrogen-bond acceptors (Lipinski definition) is 5. The van der Waals surface area contributed by atoms with Crippen LogP contribution in [0.5, 0.6) is 0 Å². The number of carboxylic acid groups (broad SMARTS) is 1. The SMILES string of the molecule is CC(C)[C@H](NC(=O)C(N)C(=O)N1CCOCC1)C(=O)O. The van der Waals surface area contributed by atoms with Gasteiger partial charge in [-0.25, -0.2) is 4.79 Å². The molecule has 0 bridgehead atoms. The van der Waals surface area contributed by atoms with E-state index in [2.05, 4.69) is 5.32 Å². The first-order valence-electron chi connectivity index (χ1n) is 6.50. The third kappa shape index (κ3) is 4.17. The van der Waals surface area contributed by atoms with Crippen LogP contribution in [-0.2, 0) is 19.1 Å². The molecule has 1 saturated heterocycles. The summed E-state index contributed by atoms with van der Waals surface area (Å²) in [5.41, 5.74) is 5.60. The first-order valence-corrected chi connectivity index (χ1v) is 6.50. The molecule has 2 atom stereocenters. The molecule has 0 aromatic carbocycles. The molecule has 114 valence electrons. The number of morpholine rings is 1. The number of amides is 2. The molecule has 2 amide bonds. The first kappa shape index (κ1) is 16.4. The Hall–Kier alpha value is -1.67. The average molecular weight is 287 g/mol. The van der Waals surface area contributed by atoms with Gasteiger partial charge in [-0.05, 0) is 5.92 Å². The van der Waals surface area contributed by atoms with Gasteiger partial charge in [0.2, 0.25) is 11.8 Å². The lowest BCUT2D eigenvalue weighted by Crippen LogP contribution is -2.57. The van der Waals surface area contributed by atoms with E-state index in [4.69, 9.17) is 15.6 Å². The van der Waals surface area contributed by atoms with Crippen molar-refractivity contribution in [3.8, 4) is 0 Å². The quantitative estimate of drug-likeness (QED) is 0.523. The lowest BCUT2D eigenvalue weighted by Gasteiger charge is -2.29. The highest BCUT2D eigenvalue weighted by atomic mass is 16.5. The van der Waals surface area contributed by atoms with E-state index in [0.29, 0.717) is 26.3 Å². The molecule has 4 N–H and O–H groups in total. The largest absolute Gasteiger partial charge is 0.480 e. The van der Waals surface area contributed by atoms with Crippen LogP contribution in [0.1, 0.15) is 13.8 Å². The number of hydrogen-bond donors (Lipinski definition) is 3. The van der Waals surface area contributed by atoms with Crippen molar-refractivity contribution in [1.82, 2.24) is 10.2 Å². The van der Waals surface area contributed by atoms with E-state index in [1.807, 2.05) is 0 Å². The molecule has 0 saturated carbocycles. The van der Waals surface area contributed by atoms with Crippen LogP contribution in [0.4, 0.5) is 0 Å². The maximum atomic E-state index is 12.0. The fourth-order valence-corrected chi connectivity index (χ4v) is 1.85. The number of carbonyl (C=O) groups excluding carboxylic acids is 2. The van der Waals surface area contributed by atoms with Crippen LogP contribution in [0.2, 0.25) is 0 Å². The minimum absolute atomic E-state index is 0.304. The van der Waals surface area contributed by atoms with Crippen LogP contribution in [0.3, 0.4) is 0 Å². The third-order valence-electron chi connectivity index (χ3n) is 3.10. The molecular formula is C12H21N3O5. The standard InChI is InChI=1S/C12H21N3O5/c1-7(2)9(12(18)19)14-10(16)8(13)11(17)15-3-5-20-6-4-15/h7-9H,3-6,13H2,1-2H3,(H,14,16)(H,18,19)/t8?,9-/m0/s1. The molecule has 0 radical (unpaired) electrons. The van der Waals surface area contributed by atoms with Crippen molar-refractivity contribution in [2.24, 2.45) is 11.7 Å². The number of carbonyl (C=O) groups is 3. The predicted octanol–water partition coefficient (Wildman–Crippen LogP) is -1.60. The monoisotopic (exact) mass is 287 g/mol. The topological polar surface area (TPSA) is 122 Å². The highest BCUT2D eigenvalue weighted by Crippen LogP contribution is 2.04. The molecule has 1 unspecified atom stereocenters. The van der Waals surface area contributed by atoms with E-state index in [1.165, 1.54) is 4.90 Å². The fourth-order valence-electron chi connectivity index (χ4n) is 1.85. The molecule has 1 rings (SSSR count). The summed E-state index contributed by atoms with van der Waals surface area (Å²) >= 11 is 0. The number of nitrogens with one attached hydrogen (secondary N) is 1. The zero-order valence-electron chi connectivity index (χ0n) is 11.7. The van der Waals surface area contributed by atoms with Crippen LogP contribution in [-0.4, -0.2) is 66.2 Å². The Labute approximate surface area is 117 Å². The number of nitrogens with zero attached hydrogens (tertiary/aromatic N) is 1. The van der Waals surface area contributed by atoms with Crippen molar-refractivity contribution in [2.75, 3.05) is 26.3 Å². The smallest absolute Gasteiger partial charge is 0.326 e. The van der Waals surface area contributed by atoms with E-state index in [-0.39, 0.29) is 5.92 Å². The molecule has 0 aromatic rings. The molecule has 1 fully saturated rings. The van der Waals surface area contributed by atoms with Crippen LogP contribution in [0.15, 0.2) is 0 Å². The Balaban J connectivity index is 2.61. The first-order chi connectivity index (χ1) is 9.34. The Bertz CT molecular complexity index is 379. The molecule has 0 aliphatic carbocycles. The molecule has 1 aliphatic heterocycles. The second-order valence-electron chi connectivity index (χ2n) is 4.98. The summed E-state index contributed by atoms with van der Waals surface area (Å²) < 4.78 is 5.10. The number of ether oxygens (including phenoxy) is 1. The average Bonchev–Trinajstić information content (AvgIpc) is 2.43. The van der Waals surface area contributed by atoms with E-state index in [0.717, 1.165) is 0 Å². The minimum Gasteiger partial charge on any atom is -0.480 e. The lowest BCUT2D eigenvalue weighted by atomic mass is 10.0. The van der Waals surface area contributed by atoms with Crippen molar-refractivity contribution >= 4 is 17.8 Å². The van der Waals surface area contributed by atoms with Crippen molar-refractivity contribution in [3.05, 3.63) is 0 Å². The van der Waals surface area contributed by atoms with E-state index >= 15 is 0 Å². The third-order valence-corrected chi connectivity index (χ3v) is 3.10. The molecule has 0 aromatic heterocycles. The van der Waals surface area contributed by atoms with Crippen molar-refractivity contribution in [3.63, 3.8) is 0 Å². The van der Waals surface area contributed by atoms with Crippen molar-refractivity contribution < 1.29 is 24.2 Å². The van der Waals surface area contributed by atoms with Gasteiger partial charge in [-0.2, -0.15) is 0 Å². The summed E-state index contributed by atoms with van der Waals surface area (Å²) in [6.45, 7) is 4.90. The van der Waals surface area contributed by atoms with Crippen LogP contribution in [0.25, 0.3) is 0 Å². The second kappa shape index (κ2) is 7.20. The summed E-state index contributed by atoms with van der Waals surface area (Å²) in [5, 5.41) is 11.3. The molecule has 1 aliphatic rings. The highest BCUT2D eigenvalue weighted by Gasteiger charge is 2.32. The van der Waals surface area contributed by atoms with Crippen molar-refractivity contribution in [1.29, 1.82) is 0 Å². The van der Waals surface area contributed by atoms with Crippen LogP contribution < -0.4 is 11.1 Å². The Morgan fingerprint density at radius 2 is 1.80 bits per heavy atom. The fraction of sp³-hybridized carbons (Fsp3) is 0.750. The molecule has 8 heteroatoms. The zero-order valence-corrected chi connectivity index (χ0v) is 11.7. The summed E-state index contributed by atoms with van der Waals surface area (Å²) in [5.74, 6) is -2.75. The summed E-state index contributed by atoms with van der Waals surface area (Å²) in [6, 6.07) is -2.46. The van der Waals surface area contributed by atoms with E-state index in [9.17, 15) is 14.4 Å². The molecule has 8 nitrogen and oxygen atoms in total. The van der Waals surface area contributed by atoms with Gasteiger partial charge >= 0.3 is 5.97 Å². The Morgan fingerprint density at radius 3 is 2.25 bits per heavy atom. The number of carboxylic acids is 1. The van der Waals surface area contributed by atoms with Crippen molar-refractivity contribution in [2.45, 2.75) is 25.9 Å². The number of rotatable bonds is 5. The normalized spacial score (nSPS) is 18.5. The summed E-state index contributed by atoms with van der Waals surface area (Å²) in [6.07, 6.45) is 0. The summed E-state index contributed by atoms with van der Waals surface area (Å²) in [7, 11) is 0. The van der Waals surface area contributed by atoms with Gasteiger partial charge in [0.15, 0.2) is 6.04 Å². The van der Waals surface area contributed by atoms with Gasteiger partial charge in [0.1, 0.15) is 6.04 Å². The molecular weight excluding hydrogens is 266 g/mol. The van der Waals surface area contributed by atoms with Gasteiger partial charge < -0.3 is 25.8 Å². The van der Waals surface area contributed by atoms with Gasteiger partial charge in [0, 0.05) is 13.1 Å². The van der Waals surface area contributed by atoms with Gasteiger partial charge in [-0.1, -0.05) is 13.8 Å². The van der Waals surface area contributed by atoms with E-state index in [1.54, 1.807) is 13.8 Å². The van der Waals surface area contributed by atoms with Gasteiger partial charge in [-0.3, -0.25) is 9.59 Å². The molecule has 1 heterocycles. The van der Waals surface area contributed by atoms with Gasteiger partial charge in [-0.15, -0.1) is 0 Å². The minimum atomic E-state index is -1.39. The summed E-state index contributed by atoms with van der Waals surface area (Å²) in [4.78, 5) is 36.3. The van der Waals surface area contributed by atoms with E-state index < -0.39 is 29.9 Å². The zero-order chi connectivity index (χ0) is 15.3. The number of nitrogens with two attached hydrogens (primary N) is 1.